The molecule has 0 heterocycles. The molecule has 0 N–H and O–H groups in total. The SMILES string of the molecule is COC(C)(C)CC(c1ccccc1)c1ccccc1. The lowest BCUT2D eigenvalue weighted by Gasteiger charge is -2.29. The highest BCUT2D eigenvalue weighted by atomic mass is 16.5. The lowest BCUT2D eigenvalue weighted by atomic mass is 9.83. The Labute approximate surface area is 116 Å². The maximum atomic E-state index is 5.61. The monoisotopic (exact) mass is 254 g/mol. The molecule has 2 aromatic rings. The maximum Gasteiger partial charge on any atom is 0.0631 e. The average molecular weight is 254 g/mol. The predicted octanol–water partition coefficient (Wildman–Crippen LogP) is 4.63. The van der Waals surface area contributed by atoms with Crippen molar-refractivity contribution in [3.8, 4) is 0 Å². The largest absolute Gasteiger partial charge is 0.379 e. The van der Waals surface area contributed by atoms with Crippen LogP contribution in [0.15, 0.2) is 60.7 Å². The molecular formula is C18H22O. The molecule has 0 atom stereocenters. The topological polar surface area (TPSA) is 9.23 Å². The van der Waals surface area contributed by atoms with E-state index in [0.717, 1.165) is 6.42 Å². The van der Waals surface area contributed by atoms with Gasteiger partial charge in [0.05, 0.1) is 5.60 Å². The van der Waals surface area contributed by atoms with Gasteiger partial charge in [0.25, 0.3) is 0 Å². The van der Waals surface area contributed by atoms with Gasteiger partial charge in [0.2, 0.25) is 0 Å². The smallest absolute Gasteiger partial charge is 0.0631 e. The van der Waals surface area contributed by atoms with Gasteiger partial charge in [-0.1, -0.05) is 60.7 Å². The van der Waals surface area contributed by atoms with Crippen LogP contribution in [-0.4, -0.2) is 12.7 Å². The number of ether oxygens (including phenoxy) is 1. The maximum absolute atomic E-state index is 5.61. The van der Waals surface area contributed by atoms with E-state index in [1.807, 2.05) is 0 Å². The molecule has 0 saturated carbocycles. The highest BCUT2D eigenvalue weighted by Gasteiger charge is 2.25. The van der Waals surface area contributed by atoms with Crippen LogP contribution in [0.4, 0.5) is 0 Å². The van der Waals surface area contributed by atoms with Crippen LogP contribution in [0.5, 0.6) is 0 Å². The normalized spacial score (nSPS) is 11.8. The van der Waals surface area contributed by atoms with Crippen molar-refractivity contribution in [1.29, 1.82) is 0 Å². The molecule has 0 aliphatic carbocycles. The summed E-state index contributed by atoms with van der Waals surface area (Å²) in [4.78, 5) is 0. The Morgan fingerprint density at radius 1 is 0.842 bits per heavy atom. The summed E-state index contributed by atoms with van der Waals surface area (Å²) >= 11 is 0. The second-order valence-corrected chi connectivity index (χ2v) is 5.54. The Morgan fingerprint density at radius 2 is 1.26 bits per heavy atom. The van der Waals surface area contributed by atoms with Crippen molar-refractivity contribution in [1.82, 2.24) is 0 Å². The molecular weight excluding hydrogens is 232 g/mol. The summed E-state index contributed by atoms with van der Waals surface area (Å²) in [6, 6.07) is 21.3. The molecule has 0 fully saturated rings. The average Bonchev–Trinajstić information content (AvgIpc) is 2.47. The summed E-state index contributed by atoms with van der Waals surface area (Å²) in [5, 5.41) is 0. The lowest BCUT2D eigenvalue weighted by molar-refractivity contribution is 0.0122. The molecule has 100 valence electrons. The van der Waals surface area contributed by atoms with E-state index in [4.69, 9.17) is 4.74 Å². The summed E-state index contributed by atoms with van der Waals surface area (Å²) in [5.41, 5.74) is 2.56. The highest BCUT2D eigenvalue weighted by Crippen LogP contribution is 2.33. The first kappa shape index (κ1) is 13.8. The van der Waals surface area contributed by atoms with E-state index in [9.17, 15) is 0 Å². The van der Waals surface area contributed by atoms with Crippen molar-refractivity contribution in [2.24, 2.45) is 0 Å². The van der Waals surface area contributed by atoms with Gasteiger partial charge in [-0.2, -0.15) is 0 Å². The Balaban J connectivity index is 2.35. The van der Waals surface area contributed by atoms with Gasteiger partial charge in [0.1, 0.15) is 0 Å². The summed E-state index contributed by atoms with van der Waals surface area (Å²) in [7, 11) is 1.78. The van der Waals surface area contributed by atoms with E-state index in [0.29, 0.717) is 5.92 Å². The summed E-state index contributed by atoms with van der Waals surface area (Å²) in [6.45, 7) is 4.29. The van der Waals surface area contributed by atoms with Gasteiger partial charge >= 0.3 is 0 Å². The first-order valence-electron chi connectivity index (χ1n) is 6.77. The van der Waals surface area contributed by atoms with Gasteiger partial charge in [-0.3, -0.25) is 0 Å². The van der Waals surface area contributed by atoms with Crippen molar-refractivity contribution >= 4 is 0 Å². The minimum Gasteiger partial charge on any atom is -0.379 e. The van der Waals surface area contributed by atoms with E-state index in [1.165, 1.54) is 11.1 Å². The van der Waals surface area contributed by atoms with Crippen molar-refractivity contribution in [3.63, 3.8) is 0 Å². The number of benzene rings is 2. The van der Waals surface area contributed by atoms with Gasteiger partial charge in [-0.05, 0) is 31.4 Å². The molecule has 19 heavy (non-hydrogen) atoms. The molecule has 0 aromatic heterocycles. The van der Waals surface area contributed by atoms with Crippen LogP contribution in [0.25, 0.3) is 0 Å². The number of rotatable bonds is 5. The molecule has 0 unspecified atom stereocenters. The van der Waals surface area contributed by atoms with Crippen LogP contribution in [-0.2, 0) is 4.74 Å². The zero-order valence-corrected chi connectivity index (χ0v) is 12.0. The molecule has 1 nitrogen and oxygen atoms in total. The third kappa shape index (κ3) is 3.68. The van der Waals surface area contributed by atoms with E-state index >= 15 is 0 Å². The molecule has 2 rings (SSSR count). The zero-order chi connectivity index (χ0) is 13.7. The predicted molar refractivity (Wildman–Crippen MR) is 80.4 cm³/mol. The van der Waals surface area contributed by atoms with E-state index < -0.39 is 0 Å². The molecule has 0 aliphatic rings. The van der Waals surface area contributed by atoms with Crippen LogP contribution in [0.2, 0.25) is 0 Å². The summed E-state index contributed by atoms with van der Waals surface area (Å²) in [5.74, 6) is 0.373. The van der Waals surface area contributed by atoms with Crippen LogP contribution < -0.4 is 0 Å². The second-order valence-electron chi connectivity index (χ2n) is 5.54. The quantitative estimate of drug-likeness (QED) is 0.755. The second kappa shape index (κ2) is 6.03. The van der Waals surface area contributed by atoms with Gasteiger partial charge in [-0.25, -0.2) is 0 Å². The van der Waals surface area contributed by atoms with Crippen LogP contribution >= 0.6 is 0 Å². The first-order chi connectivity index (χ1) is 9.12. The molecule has 0 aliphatic heterocycles. The minimum atomic E-state index is -0.129. The first-order valence-corrected chi connectivity index (χ1v) is 6.77. The van der Waals surface area contributed by atoms with Gasteiger partial charge in [-0.15, -0.1) is 0 Å². The number of hydrogen-bond acceptors (Lipinski definition) is 1. The molecule has 1 heteroatoms. The third-order valence-corrected chi connectivity index (χ3v) is 3.65. The Bertz CT molecular complexity index is 448. The molecule has 0 radical (unpaired) electrons. The highest BCUT2D eigenvalue weighted by molar-refractivity contribution is 5.32. The zero-order valence-electron chi connectivity index (χ0n) is 12.0. The summed E-state index contributed by atoms with van der Waals surface area (Å²) in [6.07, 6.45) is 0.970. The molecule has 0 saturated heterocycles. The van der Waals surface area contributed by atoms with Crippen LogP contribution in [0.3, 0.4) is 0 Å². The van der Waals surface area contributed by atoms with E-state index in [2.05, 4.69) is 74.5 Å². The van der Waals surface area contributed by atoms with Crippen molar-refractivity contribution in [3.05, 3.63) is 71.8 Å². The lowest BCUT2D eigenvalue weighted by Crippen LogP contribution is -2.26. The fraction of sp³-hybridized carbons (Fsp3) is 0.333. The fourth-order valence-electron chi connectivity index (χ4n) is 2.37. The standard InChI is InChI=1S/C18H22O/c1-18(2,19-3)14-17(15-10-6-4-7-11-15)16-12-8-5-9-13-16/h4-13,17H,14H2,1-3H3. The number of methoxy groups -OCH3 is 1. The Morgan fingerprint density at radius 3 is 1.63 bits per heavy atom. The van der Waals surface area contributed by atoms with Crippen molar-refractivity contribution in [2.75, 3.05) is 7.11 Å². The van der Waals surface area contributed by atoms with Crippen LogP contribution in [0, 0.1) is 0 Å². The Hall–Kier alpha value is -1.60. The third-order valence-electron chi connectivity index (χ3n) is 3.65. The minimum absolute atomic E-state index is 0.129. The molecule has 2 aromatic carbocycles. The van der Waals surface area contributed by atoms with Gasteiger partial charge < -0.3 is 4.74 Å². The van der Waals surface area contributed by atoms with Crippen molar-refractivity contribution < 1.29 is 4.74 Å². The molecule has 0 amide bonds. The van der Waals surface area contributed by atoms with Crippen molar-refractivity contribution in [2.45, 2.75) is 31.8 Å². The Kier molecular flexibility index (Phi) is 4.39. The molecule has 0 spiro atoms. The van der Waals surface area contributed by atoms with Crippen LogP contribution in [0.1, 0.15) is 37.3 Å². The van der Waals surface area contributed by atoms with E-state index in [1.54, 1.807) is 7.11 Å². The van der Waals surface area contributed by atoms with Gasteiger partial charge in [0, 0.05) is 13.0 Å². The number of hydrogen-bond donors (Lipinski definition) is 0. The molecule has 0 bridgehead atoms. The van der Waals surface area contributed by atoms with Gasteiger partial charge in [0.15, 0.2) is 0 Å². The van der Waals surface area contributed by atoms with E-state index in [-0.39, 0.29) is 5.60 Å². The summed E-state index contributed by atoms with van der Waals surface area (Å²) < 4.78 is 5.61. The fourth-order valence-corrected chi connectivity index (χ4v) is 2.37.